The number of aromatic nitrogens is 4. The van der Waals surface area contributed by atoms with E-state index in [9.17, 15) is 10.2 Å². The zero-order valence-corrected chi connectivity index (χ0v) is 18.7. The molecule has 0 radical (unpaired) electrons. The van der Waals surface area contributed by atoms with Crippen molar-refractivity contribution in [2.24, 2.45) is 0 Å². The lowest BCUT2D eigenvalue weighted by Crippen LogP contribution is -2.09. The molecule has 3 rings (SSSR count). The van der Waals surface area contributed by atoms with Crippen molar-refractivity contribution in [3.63, 3.8) is 0 Å². The van der Waals surface area contributed by atoms with Gasteiger partial charge in [0.1, 0.15) is 17.2 Å². The van der Waals surface area contributed by atoms with Crippen LogP contribution in [0.5, 0.6) is 17.2 Å². The first-order chi connectivity index (χ1) is 14.8. The fourth-order valence-corrected chi connectivity index (χ4v) is 3.35. The number of methoxy groups -OCH3 is 1. The molecule has 0 amide bonds. The highest BCUT2D eigenvalue weighted by Crippen LogP contribution is 2.43. The predicted molar refractivity (Wildman–Crippen MR) is 118 cm³/mol. The smallest absolute Gasteiger partial charge is 0.185 e. The minimum absolute atomic E-state index is 0.0511. The Morgan fingerprint density at radius 2 is 1.71 bits per heavy atom. The van der Waals surface area contributed by atoms with Crippen LogP contribution in [0.3, 0.4) is 0 Å². The molecule has 0 atom stereocenters. The minimum Gasteiger partial charge on any atom is -0.507 e. The fraction of sp³-hybridized carbons (Fsp3) is 0.435. The van der Waals surface area contributed by atoms with Gasteiger partial charge in [0.25, 0.3) is 0 Å². The van der Waals surface area contributed by atoms with E-state index in [1.165, 1.54) is 6.07 Å². The maximum Gasteiger partial charge on any atom is 0.185 e. The Hall–Kier alpha value is -3.13. The molecule has 2 N–H and O–H groups in total. The quantitative estimate of drug-likeness (QED) is 0.490. The summed E-state index contributed by atoms with van der Waals surface area (Å²) in [7, 11) is 1.59. The Morgan fingerprint density at radius 3 is 2.39 bits per heavy atom. The molecule has 0 spiro atoms. The SMILES string of the molecule is COc1ccc(C(C)C)cc1-c1cc(-c2nnnn2CCCOC(C)C)c(O)cc1O. The molecular weight excluding hydrogens is 396 g/mol. The Labute approximate surface area is 182 Å². The summed E-state index contributed by atoms with van der Waals surface area (Å²) < 4.78 is 12.7. The van der Waals surface area contributed by atoms with Gasteiger partial charge in [0, 0.05) is 30.3 Å². The lowest BCUT2D eigenvalue weighted by molar-refractivity contribution is 0.0743. The van der Waals surface area contributed by atoms with E-state index in [1.807, 2.05) is 32.0 Å². The van der Waals surface area contributed by atoms with Crippen LogP contribution in [0.2, 0.25) is 0 Å². The summed E-state index contributed by atoms with van der Waals surface area (Å²) in [4.78, 5) is 0. The Kier molecular flexibility index (Phi) is 7.12. The highest BCUT2D eigenvalue weighted by molar-refractivity contribution is 5.82. The van der Waals surface area contributed by atoms with Crippen molar-refractivity contribution < 1.29 is 19.7 Å². The van der Waals surface area contributed by atoms with Gasteiger partial charge >= 0.3 is 0 Å². The number of tetrazole rings is 1. The van der Waals surface area contributed by atoms with E-state index in [4.69, 9.17) is 9.47 Å². The molecule has 166 valence electrons. The average Bonchev–Trinajstić information content (AvgIpc) is 3.19. The van der Waals surface area contributed by atoms with Crippen LogP contribution in [-0.4, -0.2) is 50.2 Å². The van der Waals surface area contributed by atoms with Crippen molar-refractivity contribution in [3.8, 4) is 39.8 Å². The van der Waals surface area contributed by atoms with Gasteiger partial charge in [-0.25, -0.2) is 4.68 Å². The molecule has 0 aliphatic rings. The molecular formula is C23H30N4O4. The predicted octanol–water partition coefficient (Wildman–Crippen LogP) is 4.37. The third-order valence-electron chi connectivity index (χ3n) is 5.03. The average molecular weight is 427 g/mol. The van der Waals surface area contributed by atoms with Crippen LogP contribution in [0.15, 0.2) is 30.3 Å². The fourth-order valence-electron chi connectivity index (χ4n) is 3.35. The summed E-state index contributed by atoms with van der Waals surface area (Å²) in [6.45, 7) is 9.30. The van der Waals surface area contributed by atoms with E-state index >= 15 is 0 Å². The number of phenolic OH excluding ortho intramolecular Hbond substituents is 2. The standard InChI is InChI=1S/C23H30N4O4/c1-14(2)16-7-8-22(30-5)18(11-16)17-12-19(21(29)13-20(17)28)23-24-25-26-27(23)9-6-10-31-15(3)4/h7-8,11-15,28-29H,6,9-10H2,1-5H3. The molecule has 8 heteroatoms. The van der Waals surface area contributed by atoms with Crippen molar-refractivity contribution >= 4 is 0 Å². The maximum absolute atomic E-state index is 10.6. The Balaban J connectivity index is 2.01. The number of hydrogen-bond donors (Lipinski definition) is 2. The zero-order valence-electron chi connectivity index (χ0n) is 18.7. The number of benzene rings is 2. The first-order valence-electron chi connectivity index (χ1n) is 10.4. The Morgan fingerprint density at radius 1 is 0.968 bits per heavy atom. The number of nitrogens with zero attached hydrogens (tertiary/aromatic N) is 4. The molecule has 1 aromatic heterocycles. The van der Waals surface area contributed by atoms with Crippen molar-refractivity contribution in [1.82, 2.24) is 20.2 Å². The van der Waals surface area contributed by atoms with Gasteiger partial charge in [-0.3, -0.25) is 0 Å². The molecule has 0 bridgehead atoms. The third-order valence-corrected chi connectivity index (χ3v) is 5.03. The molecule has 0 saturated carbocycles. The molecule has 0 fully saturated rings. The maximum atomic E-state index is 10.6. The van der Waals surface area contributed by atoms with Crippen LogP contribution in [-0.2, 0) is 11.3 Å². The second-order valence-electron chi connectivity index (χ2n) is 8.00. The number of hydrogen-bond acceptors (Lipinski definition) is 7. The summed E-state index contributed by atoms with van der Waals surface area (Å²) >= 11 is 0. The van der Waals surface area contributed by atoms with Crippen LogP contribution in [0.4, 0.5) is 0 Å². The van der Waals surface area contributed by atoms with E-state index in [1.54, 1.807) is 17.9 Å². The molecule has 8 nitrogen and oxygen atoms in total. The van der Waals surface area contributed by atoms with Crippen LogP contribution in [0.1, 0.15) is 45.6 Å². The number of ether oxygens (including phenoxy) is 2. The van der Waals surface area contributed by atoms with Gasteiger partial charge in [-0.2, -0.15) is 0 Å². The first-order valence-corrected chi connectivity index (χ1v) is 10.4. The monoisotopic (exact) mass is 426 g/mol. The third kappa shape index (κ3) is 5.14. The molecule has 31 heavy (non-hydrogen) atoms. The van der Waals surface area contributed by atoms with Crippen LogP contribution in [0, 0.1) is 0 Å². The van der Waals surface area contributed by atoms with Gasteiger partial charge in [0.05, 0.1) is 18.8 Å². The van der Waals surface area contributed by atoms with Crippen molar-refractivity contribution in [2.75, 3.05) is 13.7 Å². The zero-order chi connectivity index (χ0) is 22.5. The largest absolute Gasteiger partial charge is 0.507 e. The van der Waals surface area contributed by atoms with Crippen LogP contribution < -0.4 is 4.74 Å². The highest BCUT2D eigenvalue weighted by atomic mass is 16.5. The topological polar surface area (TPSA) is 103 Å². The van der Waals surface area contributed by atoms with Gasteiger partial charge in [-0.05, 0) is 60.4 Å². The van der Waals surface area contributed by atoms with Crippen molar-refractivity contribution in [1.29, 1.82) is 0 Å². The lowest BCUT2D eigenvalue weighted by Gasteiger charge is -2.16. The van der Waals surface area contributed by atoms with E-state index in [2.05, 4.69) is 29.4 Å². The minimum atomic E-state index is -0.102. The molecule has 2 aromatic carbocycles. The normalized spacial score (nSPS) is 11.5. The van der Waals surface area contributed by atoms with Crippen LogP contribution >= 0.6 is 0 Å². The number of aromatic hydroxyl groups is 2. The van der Waals surface area contributed by atoms with Gasteiger partial charge in [-0.1, -0.05) is 19.9 Å². The first kappa shape index (κ1) is 22.6. The Bertz CT molecular complexity index is 1030. The van der Waals surface area contributed by atoms with Gasteiger partial charge in [0.2, 0.25) is 0 Å². The summed E-state index contributed by atoms with van der Waals surface area (Å²) in [5.41, 5.74) is 2.81. The second kappa shape index (κ2) is 9.78. The van der Waals surface area contributed by atoms with E-state index in [-0.39, 0.29) is 17.6 Å². The molecule has 3 aromatic rings. The van der Waals surface area contributed by atoms with E-state index in [0.29, 0.717) is 41.8 Å². The van der Waals surface area contributed by atoms with Gasteiger partial charge in [-0.15, -0.1) is 5.10 Å². The van der Waals surface area contributed by atoms with Crippen LogP contribution in [0.25, 0.3) is 22.5 Å². The number of aryl methyl sites for hydroxylation is 1. The molecule has 0 unspecified atom stereocenters. The summed E-state index contributed by atoms with van der Waals surface area (Å²) in [6.07, 6.45) is 0.889. The van der Waals surface area contributed by atoms with Gasteiger partial charge in [0.15, 0.2) is 5.82 Å². The highest BCUT2D eigenvalue weighted by Gasteiger charge is 2.20. The number of phenols is 2. The van der Waals surface area contributed by atoms with Crippen molar-refractivity contribution in [3.05, 3.63) is 35.9 Å². The summed E-state index contributed by atoms with van der Waals surface area (Å²) in [5.74, 6) is 1.20. The molecule has 0 aliphatic heterocycles. The summed E-state index contributed by atoms with van der Waals surface area (Å²) in [6, 6.07) is 8.89. The van der Waals surface area contributed by atoms with Gasteiger partial charge < -0.3 is 19.7 Å². The molecule has 0 aliphatic carbocycles. The molecule has 0 saturated heterocycles. The van der Waals surface area contributed by atoms with E-state index < -0.39 is 0 Å². The number of rotatable bonds is 9. The lowest BCUT2D eigenvalue weighted by atomic mass is 9.94. The van der Waals surface area contributed by atoms with Crippen molar-refractivity contribution in [2.45, 2.75) is 52.7 Å². The van der Waals surface area contributed by atoms with E-state index in [0.717, 1.165) is 17.5 Å². The second-order valence-corrected chi connectivity index (χ2v) is 8.00. The summed E-state index contributed by atoms with van der Waals surface area (Å²) in [5, 5.41) is 33.1. The molecule has 1 heterocycles.